The number of amides is 1. The van der Waals surface area contributed by atoms with E-state index in [-0.39, 0.29) is 17.6 Å². The number of rotatable bonds is 6. The van der Waals surface area contributed by atoms with Gasteiger partial charge in [0.15, 0.2) is 0 Å². The van der Waals surface area contributed by atoms with Crippen LogP contribution in [0.25, 0.3) is 6.58 Å². The van der Waals surface area contributed by atoms with Crippen molar-refractivity contribution in [3.63, 3.8) is 0 Å². The molecule has 0 saturated heterocycles. The Balaban J connectivity index is 1.42. The first-order valence-electron chi connectivity index (χ1n) is 11.4. The van der Waals surface area contributed by atoms with Crippen molar-refractivity contribution in [3.8, 4) is 5.75 Å². The van der Waals surface area contributed by atoms with Crippen LogP contribution in [0.5, 0.6) is 5.75 Å². The molecule has 1 amide bonds. The van der Waals surface area contributed by atoms with Gasteiger partial charge in [-0.3, -0.25) is 14.6 Å². The van der Waals surface area contributed by atoms with Crippen molar-refractivity contribution in [1.82, 2.24) is 14.9 Å². The Morgan fingerprint density at radius 2 is 2.06 bits per heavy atom. The van der Waals surface area contributed by atoms with E-state index in [0.717, 1.165) is 29.7 Å². The lowest BCUT2D eigenvalue weighted by molar-refractivity contribution is -0.122. The second-order valence-corrected chi connectivity index (χ2v) is 8.92. The molecule has 1 aromatic heterocycles. The molecule has 1 aliphatic carbocycles. The zero-order valence-electron chi connectivity index (χ0n) is 18.5. The molecule has 2 aliphatic rings. The molecule has 31 heavy (non-hydrogen) atoms. The van der Waals surface area contributed by atoms with Crippen LogP contribution < -0.4 is 26.6 Å². The van der Waals surface area contributed by atoms with E-state index in [2.05, 4.69) is 27.9 Å². The number of aromatic amines is 1. The van der Waals surface area contributed by atoms with Crippen LogP contribution in [0.3, 0.4) is 0 Å². The fourth-order valence-electron chi connectivity index (χ4n) is 4.52. The molecule has 1 fully saturated rings. The number of H-pyrrole nitrogens is 1. The van der Waals surface area contributed by atoms with Gasteiger partial charge in [0.25, 0.3) is 5.56 Å². The molecule has 1 aliphatic heterocycles. The number of ether oxygens (including phenoxy) is 1. The molecule has 4 rings (SSSR count). The van der Waals surface area contributed by atoms with Gasteiger partial charge in [-0.05, 0) is 44.7 Å². The molecular weight excluding hydrogens is 392 g/mol. The van der Waals surface area contributed by atoms with Crippen molar-refractivity contribution >= 4 is 18.2 Å². The summed E-state index contributed by atoms with van der Waals surface area (Å²) in [4.78, 5) is 31.7. The van der Waals surface area contributed by atoms with Gasteiger partial charge in [-0.1, -0.05) is 38.3 Å². The summed E-state index contributed by atoms with van der Waals surface area (Å²) in [6.07, 6.45) is 8.10. The fraction of sp³-hybridized carbons (Fsp3) is 0.542. The van der Waals surface area contributed by atoms with Crippen LogP contribution in [0.1, 0.15) is 69.4 Å². The lowest BCUT2D eigenvalue weighted by atomic mass is 10.1. The third kappa shape index (κ3) is 4.92. The standard InChI is InChI=1S/C24H32N4O3/c1-15-12-18-14-28-17(3)23(30)27-24(28)26-22(18)20(13-15)31-16(2)10-11-21(29)25-19-8-6-4-5-7-9-19/h12-13,16,19H,3-11,14H2,1-2H3,(H,25,29)(H,26,27,30). The number of carbonyl (C=O) groups is 1. The number of nitrogens with zero attached hydrogens (tertiary/aromatic N) is 2. The summed E-state index contributed by atoms with van der Waals surface area (Å²) in [7, 11) is 0. The number of benzene rings is 1. The molecule has 0 spiro atoms. The normalized spacial score (nSPS) is 17.1. The van der Waals surface area contributed by atoms with Gasteiger partial charge >= 0.3 is 0 Å². The highest BCUT2D eigenvalue weighted by atomic mass is 16.5. The van der Waals surface area contributed by atoms with Crippen molar-refractivity contribution in [2.45, 2.75) is 83.9 Å². The lowest BCUT2D eigenvalue weighted by Crippen LogP contribution is -2.34. The van der Waals surface area contributed by atoms with E-state index >= 15 is 0 Å². The van der Waals surface area contributed by atoms with E-state index < -0.39 is 0 Å². The topological polar surface area (TPSA) is 88.5 Å². The molecule has 1 atom stereocenters. The molecule has 1 unspecified atom stereocenters. The SMILES string of the molecule is C=c1c(=O)[nH]c2n1Cc1cc(C)cc(OC(C)CCC(=O)NC3CCCCCC3)c1N=2. The maximum atomic E-state index is 12.4. The molecular formula is C24H32N4O3. The summed E-state index contributed by atoms with van der Waals surface area (Å²) in [5.74, 6) is 0.794. The average molecular weight is 425 g/mol. The maximum absolute atomic E-state index is 12.4. The minimum Gasteiger partial charge on any atom is -0.488 e. The van der Waals surface area contributed by atoms with E-state index in [4.69, 9.17) is 4.74 Å². The van der Waals surface area contributed by atoms with Crippen LogP contribution in [0.4, 0.5) is 5.69 Å². The van der Waals surface area contributed by atoms with E-state index in [1.165, 1.54) is 25.7 Å². The van der Waals surface area contributed by atoms with Gasteiger partial charge in [-0.15, -0.1) is 0 Å². The third-order valence-electron chi connectivity index (χ3n) is 6.24. The summed E-state index contributed by atoms with van der Waals surface area (Å²) in [6.45, 7) is 8.36. The first-order valence-corrected chi connectivity index (χ1v) is 11.4. The number of aromatic nitrogens is 2. The quantitative estimate of drug-likeness (QED) is 0.596. The number of hydrogen-bond donors (Lipinski definition) is 2. The molecule has 7 nitrogen and oxygen atoms in total. The Bertz CT molecular complexity index is 1120. The number of hydrogen-bond acceptors (Lipinski definition) is 4. The lowest BCUT2D eigenvalue weighted by Gasteiger charge is -2.21. The van der Waals surface area contributed by atoms with Gasteiger partial charge in [-0.2, -0.15) is 0 Å². The first-order chi connectivity index (χ1) is 14.9. The number of aryl methyl sites for hydroxylation is 1. The third-order valence-corrected chi connectivity index (χ3v) is 6.24. The van der Waals surface area contributed by atoms with Crippen molar-refractivity contribution < 1.29 is 9.53 Å². The summed E-state index contributed by atoms with van der Waals surface area (Å²) in [5, 5.41) is 3.60. The molecule has 2 heterocycles. The number of imidazole rings is 1. The van der Waals surface area contributed by atoms with E-state index in [0.29, 0.717) is 42.1 Å². The monoisotopic (exact) mass is 424 g/mol. The largest absolute Gasteiger partial charge is 0.488 e. The van der Waals surface area contributed by atoms with Crippen molar-refractivity contribution in [2.75, 3.05) is 0 Å². The van der Waals surface area contributed by atoms with Crippen molar-refractivity contribution in [2.24, 2.45) is 4.99 Å². The second kappa shape index (κ2) is 9.12. The number of carbonyl (C=O) groups excluding carboxylic acids is 1. The summed E-state index contributed by atoms with van der Waals surface area (Å²) >= 11 is 0. The van der Waals surface area contributed by atoms with Crippen LogP contribution in [0, 0.1) is 6.92 Å². The predicted molar refractivity (Wildman–Crippen MR) is 120 cm³/mol. The zero-order chi connectivity index (χ0) is 22.0. The molecule has 1 aromatic carbocycles. The van der Waals surface area contributed by atoms with E-state index in [1.807, 2.05) is 19.9 Å². The Hall–Kier alpha value is -2.83. The molecule has 166 valence electrons. The van der Waals surface area contributed by atoms with Crippen LogP contribution >= 0.6 is 0 Å². The molecule has 1 saturated carbocycles. The van der Waals surface area contributed by atoms with Crippen LogP contribution in [-0.4, -0.2) is 27.6 Å². The molecule has 0 radical (unpaired) electrons. The minimum atomic E-state index is -0.223. The van der Waals surface area contributed by atoms with Gasteiger partial charge in [-0.25, -0.2) is 4.99 Å². The summed E-state index contributed by atoms with van der Waals surface area (Å²) in [6, 6.07) is 4.35. The van der Waals surface area contributed by atoms with Gasteiger partial charge in [0.1, 0.15) is 16.8 Å². The highest BCUT2D eigenvalue weighted by molar-refractivity contribution is 5.76. The maximum Gasteiger partial charge on any atom is 0.274 e. The van der Waals surface area contributed by atoms with Crippen LogP contribution in [0.2, 0.25) is 0 Å². The zero-order valence-corrected chi connectivity index (χ0v) is 18.5. The second-order valence-electron chi connectivity index (χ2n) is 8.92. The number of fused-ring (bicyclic) bond motifs is 2. The first kappa shape index (κ1) is 21.4. The Morgan fingerprint density at radius 3 is 2.81 bits per heavy atom. The summed E-state index contributed by atoms with van der Waals surface area (Å²) in [5.41, 5.74) is 3.07. The predicted octanol–water partition coefficient (Wildman–Crippen LogP) is 2.59. The number of nitrogens with one attached hydrogen (secondary N) is 2. The Labute approximate surface area is 182 Å². The van der Waals surface area contributed by atoms with Gasteiger partial charge in [0.05, 0.1) is 12.6 Å². The highest BCUT2D eigenvalue weighted by Gasteiger charge is 2.20. The minimum absolute atomic E-state index is 0.108. The van der Waals surface area contributed by atoms with Gasteiger partial charge in [0, 0.05) is 18.0 Å². The van der Waals surface area contributed by atoms with E-state index in [1.54, 1.807) is 4.57 Å². The van der Waals surface area contributed by atoms with Crippen molar-refractivity contribution in [3.05, 3.63) is 44.6 Å². The van der Waals surface area contributed by atoms with Crippen LogP contribution in [-0.2, 0) is 11.3 Å². The molecule has 2 aromatic rings. The van der Waals surface area contributed by atoms with Gasteiger partial charge < -0.3 is 14.6 Å². The van der Waals surface area contributed by atoms with Gasteiger partial charge in [0.2, 0.25) is 11.5 Å². The Morgan fingerprint density at radius 1 is 1.32 bits per heavy atom. The van der Waals surface area contributed by atoms with E-state index in [9.17, 15) is 9.59 Å². The van der Waals surface area contributed by atoms with Crippen LogP contribution in [0.15, 0.2) is 21.9 Å². The Kier molecular flexibility index (Phi) is 6.30. The molecule has 0 bridgehead atoms. The van der Waals surface area contributed by atoms with Crippen molar-refractivity contribution in [1.29, 1.82) is 0 Å². The molecule has 7 heteroatoms. The average Bonchev–Trinajstić information content (AvgIpc) is 2.89. The highest BCUT2D eigenvalue weighted by Crippen LogP contribution is 2.35. The smallest absolute Gasteiger partial charge is 0.274 e. The summed E-state index contributed by atoms with van der Waals surface area (Å²) < 4.78 is 8.00. The molecule has 2 N–H and O–H groups in total. The fourth-order valence-corrected chi connectivity index (χ4v) is 4.52.